The molecule has 6 nitrogen and oxygen atoms in total. The molecule has 1 aliphatic heterocycles. The molecule has 0 atom stereocenters. The van der Waals surface area contributed by atoms with Crippen LogP contribution in [-0.4, -0.2) is 64.7 Å². The van der Waals surface area contributed by atoms with Crippen LogP contribution < -0.4 is 5.32 Å². The van der Waals surface area contributed by atoms with E-state index in [0.29, 0.717) is 12.3 Å². The van der Waals surface area contributed by atoms with Crippen molar-refractivity contribution in [2.45, 2.75) is 32.2 Å². The van der Waals surface area contributed by atoms with Gasteiger partial charge in [-0.25, -0.2) is 0 Å². The molecule has 0 saturated carbocycles. The van der Waals surface area contributed by atoms with Crippen LogP contribution in [0.1, 0.15) is 31.2 Å². The Hall–Kier alpha value is -1.57. The zero-order valence-electron chi connectivity index (χ0n) is 15.8. The van der Waals surface area contributed by atoms with Crippen LogP contribution >= 0.6 is 11.7 Å². The lowest BCUT2D eigenvalue weighted by atomic mass is 9.92. The number of hydrogen-bond acceptors (Lipinski definition) is 6. The summed E-state index contributed by atoms with van der Waals surface area (Å²) in [5.74, 6) is 0.871. The van der Waals surface area contributed by atoms with Gasteiger partial charge in [-0.15, -0.1) is 0 Å². The standard InChI is InChI=1S/C19H29N5OS/c1-23(2)12-9-20-19(25)6-4-15-7-10-24(11-8-15)14-16-3-5-17-18(13-16)22-26-21-17/h3,5,13,15H,4,6-12,14H2,1-2H3,(H,20,25). The van der Waals surface area contributed by atoms with Crippen molar-refractivity contribution < 1.29 is 4.79 Å². The third-order valence-electron chi connectivity index (χ3n) is 5.09. The van der Waals surface area contributed by atoms with Gasteiger partial charge in [0.05, 0.1) is 11.7 Å². The molecule has 0 radical (unpaired) electrons. The second kappa shape index (κ2) is 9.39. The summed E-state index contributed by atoms with van der Waals surface area (Å²) in [4.78, 5) is 16.5. The number of rotatable bonds is 8. The fourth-order valence-corrected chi connectivity index (χ4v) is 3.98. The number of fused-ring (bicyclic) bond motifs is 1. The first kappa shape index (κ1) is 19.2. The molecule has 0 bridgehead atoms. The van der Waals surface area contributed by atoms with Crippen LogP contribution in [0, 0.1) is 5.92 Å². The first-order valence-corrected chi connectivity index (χ1v) is 10.2. The number of benzene rings is 1. The fraction of sp³-hybridized carbons (Fsp3) is 0.632. The minimum absolute atomic E-state index is 0.194. The van der Waals surface area contributed by atoms with E-state index in [-0.39, 0.29) is 5.91 Å². The van der Waals surface area contributed by atoms with Gasteiger partial charge in [0.2, 0.25) is 5.91 Å². The lowest BCUT2D eigenvalue weighted by Crippen LogP contribution is -2.34. The minimum atomic E-state index is 0.194. The first-order chi connectivity index (χ1) is 12.6. The Morgan fingerprint density at radius 3 is 2.81 bits per heavy atom. The van der Waals surface area contributed by atoms with Crippen molar-refractivity contribution in [2.24, 2.45) is 5.92 Å². The highest BCUT2D eigenvalue weighted by molar-refractivity contribution is 7.00. The number of carbonyl (C=O) groups excluding carboxylic acids is 1. The van der Waals surface area contributed by atoms with E-state index in [9.17, 15) is 4.79 Å². The molecule has 1 aromatic carbocycles. The molecule has 1 saturated heterocycles. The topological polar surface area (TPSA) is 61.4 Å². The van der Waals surface area contributed by atoms with Gasteiger partial charge in [0.1, 0.15) is 11.0 Å². The van der Waals surface area contributed by atoms with Crippen LogP contribution in [0.4, 0.5) is 0 Å². The predicted molar refractivity (Wildman–Crippen MR) is 106 cm³/mol. The SMILES string of the molecule is CN(C)CCNC(=O)CCC1CCN(Cc2ccc3nsnc3c2)CC1. The summed E-state index contributed by atoms with van der Waals surface area (Å²) in [7, 11) is 4.04. The Bertz CT molecular complexity index is 709. The Balaban J connectivity index is 1.35. The number of hydrogen-bond donors (Lipinski definition) is 1. The second-order valence-electron chi connectivity index (χ2n) is 7.50. The van der Waals surface area contributed by atoms with Crippen LogP contribution in [0.25, 0.3) is 11.0 Å². The lowest BCUT2D eigenvalue weighted by Gasteiger charge is -2.32. The van der Waals surface area contributed by atoms with E-state index in [1.54, 1.807) is 0 Å². The zero-order valence-corrected chi connectivity index (χ0v) is 16.6. The highest BCUT2D eigenvalue weighted by Gasteiger charge is 2.20. The van der Waals surface area contributed by atoms with E-state index in [2.05, 4.69) is 42.1 Å². The van der Waals surface area contributed by atoms with Gasteiger partial charge >= 0.3 is 0 Å². The third-order valence-corrected chi connectivity index (χ3v) is 5.65. The molecule has 1 aromatic heterocycles. The second-order valence-corrected chi connectivity index (χ2v) is 8.03. The quantitative estimate of drug-likeness (QED) is 0.767. The number of nitrogens with one attached hydrogen (secondary N) is 1. The lowest BCUT2D eigenvalue weighted by molar-refractivity contribution is -0.121. The van der Waals surface area contributed by atoms with Crippen LogP contribution in [-0.2, 0) is 11.3 Å². The zero-order chi connectivity index (χ0) is 18.4. The van der Waals surface area contributed by atoms with E-state index >= 15 is 0 Å². The van der Waals surface area contributed by atoms with Crippen molar-refractivity contribution >= 4 is 28.7 Å². The average Bonchev–Trinajstić information content (AvgIpc) is 3.08. The Labute approximate surface area is 159 Å². The summed E-state index contributed by atoms with van der Waals surface area (Å²) in [6.45, 7) is 4.84. The number of amides is 1. The summed E-state index contributed by atoms with van der Waals surface area (Å²) in [6, 6.07) is 6.38. The molecule has 2 heterocycles. The van der Waals surface area contributed by atoms with Crippen molar-refractivity contribution in [1.29, 1.82) is 0 Å². The number of likely N-dealkylation sites (tertiary alicyclic amines) is 1. The van der Waals surface area contributed by atoms with Gasteiger partial charge < -0.3 is 10.2 Å². The van der Waals surface area contributed by atoms with Crippen molar-refractivity contribution in [3.8, 4) is 0 Å². The van der Waals surface area contributed by atoms with Gasteiger partial charge in [0, 0.05) is 26.1 Å². The van der Waals surface area contributed by atoms with Crippen LogP contribution in [0.15, 0.2) is 18.2 Å². The maximum atomic E-state index is 11.9. The van der Waals surface area contributed by atoms with Crippen molar-refractivity contribution in [3.05, 3.63) is 23.8 Å². The highest BCUT2D eigenvalue weighted by atomic mass is 32.1. The van der Waals surface area contributed by atoms with Gasteiger partial charge in [-0.05, 0) is 70.1 Å². The van der Waals surface area contributed by atoms with E-state index in [1.807, 2.05) is 14.1 Å². The molecule has 142 valence electrons. The van der Waals surface area contributed by atoms with Gasteiger partial charge in [0.15, 0.2) is 0 Å². The van der Waals surface area contributed by atoms with Gasteiger partial charge in [-0.2, -0.15) is 8.75 Å². The average molecular weight is 376 g/mol. The number of likely N-dealkylation sites (N-methyl/N-ethyl adjacent to an activating group) is 1. The van der Waals surface area contributed by atoms with Gasteiger partial charge in [0.25, 0.3) is 0 Å². The first-order valence-electron chi connectivity index (χ1n) is 9.45. The summed E-state index contributed by atoms with van der Waals surface area (Å²) < 4.78 is 8.59. The fourth-order valence-electron chi connectivity index (χ4n) is 3.46. The molecule has 1 amide bonds. The highest BCUT2D eigenvalue weighted by Crippen LogP contribution is 2.23. The molecule has 7 heteroatoms. The maximum absolute atomic E-state index is 11.9. The van der Waals surface area contributed by atoms with E-state index in [0.717, 1.165) is 50.2 Å². The molecule has 1 aliphatic rings. The molecule has 0 spiro atoms. The van der Waals surface area contributed by atoms with Crippen LogP contribution in [0.3, 0.4) is 0 Å². The minimum Gasteiger partial charge on any atom is -0.355 e. The molecular weight excluding hydrogens is 346 g/mol. The van der Waals surface area contributed by atoms with Gasteiger partial charge in [-0.1, -0.05) is 6.07 Å². The number of piperidine rings is 1. The molecule has 0 aliphatic carbocycles. The van der Waals surface area contributed by atoms with Crippen molar-refractivity contribution in [3.63, 3.8) is 0 Å². The summed E-state index contributed by atoms with van der Waals surface area (Å²) in [6.07, 6.45) is 4.04. The Morgan fingerprint density at radius 1 is 1.27 bits per heavy atom. The molecule has 3 rings (SSSR count). The smallest absolute Gasteiger partial charge is 0.220 e. The molecular formula is C19H29N5OS. The Kier molecular flexibility index (Phi) is 6.93. The monoisotopic (exact) mass is 375 g/mol. The largest absolute Gasteiger partial charge is 0.355 e. The molecule has 0 unspecified atom stereocenters. The summed E-state index contributed by atoms with van der Waals surface area (Å²) in [5, 5.41) is 3.01. The van der Waals surface area contributed by atoms with Crippen molar-refractivity contribution in [1.82, 2.24) is 23.9 Å². The van der Waals surface area contributed by atoms with E-state index in [1.165, 1.54) is 30.1 Å². The normalized spacial score (nSPS) is 16.4. The van der Waals surface area contributed by atoms with Gasteiger partial charge in [-0.3, -0.25) is 9.69 Å². The molecule has 26 heavy (non-hydrogen) atoms. The predicted octanol–water partition coefficient (Wildman–Crippen LogP) is 2.36. The van der Waals surface area contributed by atoms with Crippen molar-refractivity contribution in [2.75, 3.05) is 40.3 Å². The summed E-state index contributed by atoms with van der Waals surface area (Å²) in [5.41, 5.74) is 3.30. The van der Waals surface area contributed by atoms with Crippen LogP contribution in [0.5, 0.6) is 0 Å². The molecule has 1 N–H and O–H groups in total. The number of carbonyl (C=O) groups is 1. The Morgan fingerprint density at radius 2 is 2.04 bits per heavy atom. The maximum Gasteiger partial charge on any atom is 0.220 e. The molecule has 2 aromatic rings. The molecule has 1 fully saturated rings. The van der Waals surface area contributed by atoms with Crippen LogP contribution in [0.2, 0.25) is 0 Å². The summed E-state index contributed by atoms with van der Waals surface area (Å²) >= 11 is 1.27. The number of aromatic nitrogens is 2. The third kappa shape index (κ3) is 5.72. The van der Waals surface area contributed by atoms with E-state index < -0.39 is 0 Å². The van der Waals surface area contributed by atoms with E-state index in [4.69, 9.17) is 0 Å². The number of nitrogens with zero attached hydrogens (tertiary/aromatic N) is 4.